The van der Waals surface area contributed by atoms with Gasteiger partial charge in [0.15, 0.2) is 11.5 Å². The Labute approximate surface area is 170 Å². The average molecular weight is 406 g/mol. The summed E-state index contributed by atoms with van der Waals surface area (Å²) in [6.45, 7) is 4.15. The van der Waals surface area contributed by atoms with Crippen LogP contribution in [-0.4, -0.2) is 58.3 Å². The largest absolute Gasteiger partial charge is 0.493 e. The maximum Gasteiger partial charge on any atom is 0.254 e. The van der Waals surface area contributed by atoms with Gasteiger partial charge in [-0.2, -0.15) is 0 Å². The quantitative estimate of drug-likeness (QED) is 0.797. The summed E-state index contributed by atoms with van der Waals surface area (Å²) in [5.74, 6) is 1.43. The van der Waals surface area contributed by atoms with E-state index < -0.39 is 0 Å². The number of quaternary nitrogens is 1. The van der Waals surface area contributed by atoms with Crippen molar-refractivity contribution in [3.8, 4) is 17.2 Å². The Morgan fingerprint density at radius 1 is 1.00 bits per heavy atom. The number of carbonyl (C=O) groups excluding carboxylic acids is 1. The second kappa shape index (κ2) is 9.17. The first-order valence-corrected chi connectivity index (χ1v) is 9.60. The van der Waals surface area contributed by atoms with Gasteiger partial charge in [0.05, 0.1) is 47.5 Å². The molecule has 1 saturated heterocycles. The van der Waals surface area contributed by atoms with Crippen molar-refractivity contribution in [1.29, 1.82) is 0 Å². The minimum atomic E-state index is -0.0233. The Bertz CT molecular complexity index is 793. The molecule has 0 unspecified atom stereocenters. The third-order valence-electron chi connectivity index (χ3n) is 5.04. The first-order chi connectivity index (χ1) is 13.5. The lowest BCUT2D eigenvalue weighted by atomic mass is 10.1. The summed E-state index contributed by atoms with van der Waals surface area (Å²) in [4.78, 5) is 16.3. The van der Waals surface area contributed by atoms with Crippen molar-refractivity contribution in [2.45, 2.75) is 6.54 Å². The number of nitrogens with zero attached hydrogens (tertiary/aromatic N) is 1. The molecule has 1 fully saturated rings. The topological polar surface area (TPSA) is 52.4 Å². The summed E-state index contributed by atoms with van der Waals surface area (Å²) in [7, 11) is 4.64. The summed E-state index contributed by atoms with van der Waals surface area (Å²) >= 11 is 5.95. The molecule has 0 spiro atoms. The molecule has 0 aliphatic carbocycles. The molecular weight excluding hydrogens is 380 g/mol. The van der Waals surface area contributed by atoms with Crippen LogP contribution < -0.4 is 19.1 Å². The van der Waals surface area contributed by atoms with Gasteiger partial charge in [-0.15, -0.1) is 0 Å². The van der Waals surface area contributed by atoms with Crippen molar-refractivity contribution in [2.24, 2.45) is 0 Å². The highest BCUT2D eigenvalue weighted by Crippen LogP contribution is 2.38. The lowest BCUT2D eigenvalue weighted by Crippen LogP contribution is -3.13. The Kier molecular flexibility index (Phi) is 6.65. The van der Waals surface area contributed by atoms with Crippen LogP contribution in [0, 0.1) is 0 Å². The standard InChI is InChI=1S/C21H25ClN2O4/c1-26-18-12-16(13-19(27-2)20(18)28-3)21(25)24-10-8-23(9-11-24)14-15-4-6-17(22)7-5-15/h4-7,12-13H,8-11,14H2,1-3H3/p+1. The lowest BCUT2D eigenvalue weighted by molar-refractivity contribution is -0.917. The molecule has 2 aromatic carbocycles. The molecule has 0 saturated carbocycles. The fourth-order valence-electron chi connectivity index (χ4n) is 3.48. The number of ether oxygens (including phenoxy) is 3. The molecule has 2 aromatic rings. The van der Waals surface area contributed by atoms with E-state index >= 15 is 0 Å². The van der Waals surface area contributed by atoms with Crippen LogP contribution in [0.5, 0.6) is 17.2 Å². The monoisotopic (exact) mass is 405 g/mol. The summed E-state index contributed by atoms with van der Waals surface area (Å²) in [5.41, 5.74) is 1.79. The van der Waals surface area contributed by atoms with Crippen LogP contribution in [0.4, 0.5) is 0 Å². The second-order valence-electron chi connectivity index (χ2n) is 6.76. The number of methoxy groups -OCH3 is 3. The van der Waals surface area contributed by atoms with Gasteiger partial charge in [0, 0.05) is 16.1 Å². The molecule has 0 radical (unpaired) electrons. The molecule has 1 N–H and O–H groups in total. The lowest BCUT2D eigenvalue weighted by Gasteiger charge is -2.32. The van der Waals surface area contributed by atoms with Crippen LogP contribution >= 0.6 is 11.6 Å². The maximum atomic E-state index is 13.0. The highest BCUT2D eigenvalue weighted by Gasteiger charge is 2.26. The molecule has 28 heavy (non-hydrogen) atoms. The van der Waals surface area contributed by atoms with E-state index in [0.717, 1.165) is 24.7 Å². The van der Waals surface area contributed by atoms with Gasteiger partial charge < -0.3 is 24.0 Å². The predicted molar refractivity (Wildman–Crippen MR) is 108 cm³/mol. The third-order valence-corrected chi connectivity index (χ3v) is 5.29. The van der Waals surface area contributed by atoms with Gasteiger partial charge in [0.1, 0.15) is 6.54 Å². The van der Waals surface area contributed by atoms with E-state index in [2.05, 4.69) is 12.1 Å². The number of nitrogens with one attached hydrogen (secondary N) is 1. The van der Waals surface area contributed by atoms with Crippen molar-refractivity contribution in [3.05, 3.63) is 52.5 Å². The molecule has 1 aliphatic rings. The number of carbonyl (C=O) groups is 1. The zero-order chi connectivity index (χ0) is 20.1. The number of amides is 1. The molecule has 7 heteroatoms. The summed E-state index contributed by atoms with van der Waals surface area (Å²) < 4.78 is 16.0. The first-order valence-electron chi connectivity index (χ1n) is 9.23. The van der Waals surface area contributed by atoms with Crippen molar-refractivity contribution in [3.63, 3.8) is 0 Å². The smallest absolute Gasteiger partial charge is 0.254 e. The van der Waals surface area contributed by atoms with Crippen LogP contribution in [0.3, 0.4) is 0 Å². The third kappa shape index (κ3) is 4.51. The summed E-state index contributed by atoms with van der Waals surface area (Å²) in [5, 5.41) is 0.750. The van der Waals surface area contributed by atoms with E-state index in [0.29, 0.717) is 35.9 Å². The van der Waals surface area contributed by atoms with Gasteiger partial charge in [-0.1, -0.05) is 23.7 Å². The van der Waals surface area contributed by atoms with E-state index in [1.54, 1.807) is 33.5 Å². The second-order valence-corrected chi connectivity index (χ2v) is 7.20. The molecule has 6 nitrogen and oxygen atoms in total. The highest BCUT2D eigenvalue weighted by atomic mass is 35.5. The SMILES string of the molecule is COc1cc(C(=O)N2CC[NH+](Cc3ccc(Cl)cc3)CC2)cc(OC)c1OC. The fourth-order valence-corrected chi connectivity index (χ4v) is 3.61. The Morgan fingerprint density at radius 3 is 2.07 bits per heavy atom. The van der Waals surface area contributed by atoms with E-state index in [1.807, 2.05) is 17.0 Å². The number of halogens is 1. The number of hydrogen-bond donors (Lipinski definition) is 1. The molecule has 150 valence electrons. The molecule has 1 aliphatic heterocycles. The number of hydrogen-bond acceptors (Lipinski definition) is 4. The van der Waals surface area contributed by atoms with Gasteiger partial charge >= 0.3 is 0 Å². The van der Waals surface area contributed by atoms with Crippen molar-refractivity contribution >= 4 is 17.5 Å². The highest BCUT2D eigenvalue weighted by molar-refractivity contribution is 6.30. The van der Waals surface area contributed by atoms with Gasteiger partial charge in [0.25, 0.3) is 5.91 Å². The van der Waals surface area contributed by atoms with Crippen molar-refractivity contribution in [2.75, 3.05) is 47.5 Å². The predicted octanol–water partition coefficient (Wildman–Crippen LogP) is 1.91. The van der Waals surface area contributed by atoms with Crippen LogP contribution in [0.15, 0.2) is 36.4 Å². The molecule has 0 atom stereocenters. The zero-order valence-electron chi connectivity index (χ0n) is 16.5. The van der Waals surface area contributed by atoms with E-state index in [9.17, 15) is 4.79 Å². The maximum absolute atomic E-state index is 13.0. The van der Waals surface area contributed by atoms with Crippen LogP contribution in [0.2, 0.25) is 5.02 Å². The van der Waals surface area contributed by atoms with E-state index in [-0.39, 0.29) is 5.91 Å². The molecule has 0 aromatic heterocycles. The molecule has 1 heterocycles. The van der Waals surface area contributed by atoms with Gasteiger partial charge in [-0.05, 0) is 24.3 Å². The Balaban J connectivity index is 1.65. The molecule has 1 amide bonds. The molecular formula is C21H26ClN2O4+. The fraction of sp³-hybridized carbons (Fsp3) is 0.381. The van der Waals surface area contributed by atoms with Gasteiger partial charge in [0.2, 0.25) is 5.75 Å². The van der Waals surface area contributed by atoms with Crippen LogP contribution in [0.25, 0.3) is 0 Å². The number of piperazine rings is 1. The minimum Gasteiger partial charge on any atom is -0.493 e. The first kappa shape index (κ1) is 20.3. The number of benzene rings is 2. The zero-order valence-corrected chi connectivity index (χ0v) is 17.2. The molecule has 0 bridgehead atoms. The van der Waals surface area contributed by atoms with Crippen LogP contribution in [-0.2, 0) is 6.54 Å². The minimum absolute atomic E-state index is 0.0233. The molecule has 3 rings (SSSR count). The summed E-state index contributed by atoms with van der Waals surface area (Å²) in [6.07, 6.45) is 0. The Morgan fingerprint density at radius 2 is 1.57 bits per heavy atom. The Hall–Kier alpha value is -2.44. The van der Waals surface area contributed by atoms with Crippen molar-refractivity contribution < 1.29 is 23.9 Å². The van der Waals surface area contributed by atoms with E-state index in [1.165, 1.54) is 10.5 Å². The summed E-state index contributed by atoms with van der Waals surface area (Å²) in [6, 6.07) is 11.4. The van der Waals surface area contributed by atoms with Gasteiger partial charge in [-0.25, -0.2) is 0 Å². The van der Waals surface area contributed by atoms with Crippen LogP contribution in [0.1, 0.15) is 15.9 Å². The normalized spacial score (nSPS) is 14.6. The number of rotatable bonds is 6. The average Bonchev–Trinajstić information content (AvgIpc) is 2.74. The van der Waals surface area contributed by atoms with Gasteiger partial charge in [-0.3, -0.25) is 4.79 Å². The van der Waals surface area contributed by atoms with Crippen molar-refractivity contribution in [1.82, 2.24) is 4.90 Å². The van der Waals surface area contributed by atoms with E-state index in [4.69, 9.17) is 25.8 Å².